The van der Waals surface area contributed by atoms with Gasteiger partial charge in [-0.3, -0.25) is 9.11 Å². The van der Waals surface area contributed by atoms with Gasteiger partial charge in [0.2, 0.25) is 0 Å². The minimum absolute atomic E-state index is 0.0742. The molecule has 0 bridgehead atoms. The number of hydrogen-bond acceptors (Lipinski definition) is 10. The quantitative estimate of drug-likeness (QED) is 0.422. The number of aromatic nitrogens is 1. The molecule has 1 aromatic heterocycles. The van der Waals surface area contributed by atoms with Gasteiger partial charge in [-0.05, 0) is 24.3 Å². The van der Waals surface area contributed by atoms with Gasteiger partial charge in [0.15, 0.2) is 5.82 Å². The summed E-state index contributed by atoms with van der Waals surface area (Å²) >= 11 is 0. The number of nitrogens with two attached hydrogens (primary N) is 2. The standard InChI is InChI=1S/C12H10N6O6S2/c13-5-6-3-9(12(15)16-11(6)14)18-17-8-4-7(25(19,20)21)1-2-10(8)26(22,23)24/h1-4H,(H4,14,15,16)(H,19,20,21)(H,22,23,24)/b18-17+. The maximum absolute atomic E-state index is 11.4. The van der Waals surface area contributed by atoms with Crippen LogP contribution in [0.2, 0.25) is 0 Å². The summed E-state index contributed by atoms with van der Waals surface area (Å²) in [5.41, 5.74) is 10.2. The van der Waals surface area contributed by atoms with Gasteiger partial charge >= 0.3 is 0 Å². The van der Waals surface area contributed by atoms with E-state index in [9.17, 15) is 21.4 Å². The Balaban J connectivity index is 2.65. The number of benzene rings is 1. The summed E-state index contributed by atoms with van der Waals surface area (Å²) in [6.07, 6.45) is 0. The van der Waals surface area contributed by atoms with Crippen LogP contribution in [-0.4, -0.2) is 30.9 Å². The average molecular weight is 398 g/mol. The second-order valence-corrected chi connectivity index (χ2v) is 7.53. The average Bonchev–Trinajstić information content (AvgIpc) is 2.52. The molecule has 0 saturated carbocycles. The van der Waals surface area contributed by atoms with Gasteiger partial charge in [-0.25, -0.2) is 4.98 Å². The van der Waals surface area contributed by atoms with E-state index in [-0.39, 0.29) is 22.9 Å². The molecule has 0 amide bonds. The maximum atomic E-state index is 11.4. The summed E-state index contributed by atoms with van der Waals surface area (Å²) in [6, 6.07) is 5.01. The Morgan fingerprint density at radius 3 is 2.12 bits per heavy atom. The van der Waals surface area contributed by atoms with Crippen LogP contribution in [-0.2, 0) is 20.2 Å². The van der Waals surface area contributed by atoms with Crippen LogP contribution in [0.5, 0.6) is 0 Å². The molecule has 6 N–H and O–H groups in total. The molecule has 0 unspecified atom stereocenters. The van der Waals surface area contributed by atoms with Crippen LogP contribution in [0.1, 0.15) is 5.56 Å². The van der Waals surface area contributed by atoms with Crippen LogP contribution in [0.25, 0.3) is 0 Å². The van der Waals surface area contributed by atoms with Crippen molar-refractivity contribution in [2.24, 2.45) is 10.2 Å². The molecule has 0 saturated heterocycles. The van der Waals surface area contributed by atoms with Crippen LogP contribution in [0, 0.1) is 11.3 Å². The number of nitriles is 1. The Labute approximate surface area is 147 Å². The summed E-state index contributed by atoms with van der Waals surface area (Å²) < 4.78 is 63.4. The number of pyridine rings is 1. The second kappa shape index (κ2) is 6.65. The summed E-state index contributed by atoms with van der Waals surface area (Å²) in [7, 11) is -9.45. The lowest BCUT2D eigenvalue weighted by Crippen LogP contribution is -2.02. The van der Waals surface area contributed by atoms with Gasteiger partial charge in [0.25, 0.3) is 20.2 Å². The Kier molecular flexibility index (Phi) is 4.91. The summed E-state index contributed by atoms with van der Waals surface area (Å²) in [4.78, 5) is 2.21. The molecule has 2 rings (SSSR count). The van der Waals surface area contributed by atoms with Crippen LogP contribution in [0.15, 0.2) is 44.3 Å². The van der Waals surface area contributed by atoms with Crippen molar-refractivity contribution in [2.45, 2.75) is 9.79 Å². The number of hydrogen-bond donors (Lipinski definition) is 4. The molecule has 0 aliphatic heterocycles. The molecule has 0 fully saturated rings. The van der Waals surface area contributed by atoms with Crippen LogP contribution in [0.3, 0.4) is 0 Å². The zero-order valence-electron chi connectivity index (χ0n) is 12.6. The van der Waals surface area contributed by atoms with E-state index in [4.69, 9.17) is 21.3 Å². The highest BCUT2D eigenvalue weighted by atomic mass is 32.2. The van der Waals surface area contributed by atoms with Crippen molar-refractivity contribution in [1.29, 1.82) is 5.26 Å². The van der Waals surface area contributed by atoms with Crippen molar-refractivity contribution in [3.63, 3.8) is 0 Å². The SMILES string of the molecule is N#Cc1cc(/N=N/c2cc(S(=O)(=O)O)ccc2S(=O)(=O)O)c(N)nc1N. The maximum Gasteiger partial charge on any atom is 0.296 e. The first kappa shape index (κ1) is 19.2. The molecule has 2 aromatic rings. The molecule has 1 aromatic carbocycles. The lowest BCUT2D eigenvalue weighted by Gasteiger charge is -2.05. The smallest absolute Gasteiger partial charge is 0.296 e. The van der Waals surface area contributed by atoms with E-state index in [1.165, 1.54) is 0 Å². The minimum Gasteiger partial charge on any atom is -0.383 e. The first-order chi connectivity index (χ1) is 11.9. The fraction of sp³-hybridized carbons (Fsp3) is 0. The first-order valence-electron chi connectivity index (χ1n) is 6.40. The summed E-state index contributed by atoms with van der Waals surface area (Å²) in [6.45, 7) is 0. The third-order valence-corrected chi connectivity index (χ3v) is 4.70. The van der Waals surface area contributed by atoms with Gasteiger partial charge in [-0.1, -0.05) is 0 Å². The Morgan fingerprint density at radius 1 is 0.962 bits per heavy atom. The van der Waals surface area contributed by atoms with E-state index >= 15 is 0 Å². The van der Waals surface area contributed by atoms with Gasteiger partial charge < -0.3 is 11.5 Å². The largest absolute Gasteiger partial charge is 0.383 e. The highest BCUT2D eigenvalue weighted by molar-refractivity contribution is 7.86. The zero-order chi connectivity index (χ0) is 19.7. The van der Waals surface area contributed by atoms with Gasteiger partial charge in [0, 0.05) is 0 Å². The van der Waals surface area contributed by atoms with Crippen LogP contribution < -0.4 is 11.5 Å². The van der Waals surface area contributed by atoms with Crippen molar-refractivity contribution in [2.75, 3.05) is 11.5 Å². The lowest BCUT2D eigenvalue weighted by atomic mass is 10.2. The summed E-state index contributed by atoms with van der Waals surface area (Å²) in [5, 5.41) is 16.0. The van der Waals surface area contributed by atoms with Gasteiger partial charge in [0.05, 0.1) is 10.5 Å². The second-order valence-electron chi connectivity index (χ2n) is 4.72. The topological polar surface area (TPSA) is 222 Å². The van der Waals surface area contributed by atoms with Crippen molar-refractivity contribution in [3.05, 3.63) is 29.8 Å². The predicted molar refractivity (Wildman–Crippen MR) is 88.0 cm³/mol. The molecule has 0 atom stereocenters. The van der Waals surface area contributed by atoms with E-state index in [0.717, 1.165) is 18.2 Å². The van der Waals surface area contributed by atoms with Crippen molar-refractivity contribution in [3.8, 4) is 6.07 Å². The van der Waals surface area contributed by atoms with E-state index in [0.29, 0.717) is 6.07 Å². The first-order valence-corrected chi connectivity index (χ1v) is 9.28. The summed E-state index contributed by atoms with van der Waals surface area (Å²) in [5.74, 6) is -0.388. The van der Waals surface area contributed by atoms with Gasteiger partial charge in [-0.2, -0.15) is 22.1 Å². The fourth-order valence-electron chi connectivity index (χ4n) is 1.76. The molecule has 1 heterocycles. The molecule has 26 heavy (non-hydrogen) atoms. The van der Waals surface area contributed by atoms with E-state index in [1.54, 1.807) is 6.07 Å². The Bertz CT molecular complexity index is 1170. The fourth-order valence-corrected chi connectivity index (χ4v) is 2.87. The molecule has 12 nitrogen and oxygen atoms in total. The number of rotatable bonds is 4. The van der Waals surface area contributed by atoms with Crippen molar-refractivity contribution >= 4 is 43.2 Å². The van der Waals surface area contributed by atoms with Crippen LogP contribution >= 0.6 is 0 Å². The molecule has 136 valence electrons. The molecule has 0 radical (unpaired) electrons. The highest BCUT2D eigenvalue weighted by Crippen LogP contribution is 2.31. The van der Waals surface area contributed by atoms with Gasteiger partial charge in [0.1, 0.15) is 28.2 Å². The molecule has 0 aliphatic rings. The highest BCUT2D eigenvalue weighted by Gasteiger charge is 2.20. The molecule has 0 aliphatic carbocycles. The molecule has 14 heteroatoms. The van der Waals surface area contributed by atoms with Crippen molar-refractivity contribution in [1.82, 2.24) is 4.98 Å². The lowest BCUT2D eigenvalue weighted by molar-refractivity contribution is 0.478. The molecular weight excluding hydrogens is 388 g/mol. The molecule has 0 spiro atoms. The van der Waals surface area contributed by atoms with Crippen molar-refractivity contribution < 1.29 is 25.9 Å². The number of nitrogen functional groups attached to an aromatic ring is 2. The van der Waals surface area contributed by atoms with Crippen LogP contribution in [0.4, 0.5) is 23.0 Å². The minimum atomic E-state index is -4.78. The number of anilines is 2. The molecular formula is C12H10N6O6S2. The van der Waals surface area contributed by atoms with Gasteiger partial charge in [-0.15, -0.1) is 10.2 Å². The van der Waals surface area contributed by atoms with E-state index in [2.05, 4.69) is 15.2 Å². The third kappa shape index (κ3) is 4.10. The Hall–Kier alpha value is -3.12. The third-order valence-electron chi connectivity index (χ3n) is 2.95. The Morgan fingerprint density at radius 2 is 1.58 bits per heavy atom. The zero-order valence-corrected chi connectivity index (χ0v) is 14.2. The monoisotopic (exact) mass is 398 g/mol. The predicted octanol–water partition coefficient (Wildman–Crippen LogP) is 1.03. The van der Waals surface area contributed by atoms with E-state index < -0.39 is 35.7 Å². The normalized spacial score (nSPS) is 12.2. The van der Waals surface area contributed by atoms with E-state index in [1.807, 2.05) is 0 Å². The number of nitrogens with zero attached hydrogens (tertiary/aromatic N) is 4. The number of azo groups is 1.